The number of nitrogens with one attached hydrogen (secondary N) is 2. The van der Waals surface area contributed by atoms with Crippen LogP contribution in [0.15, 0.2) is 30.6 Å². The topological polar surface area (TPSA) is 113 Å². The van der Waals surface area contributed by atoms with Gasteiger partial charge in [0, 0.05) is 24.1 Å². The Labute approximate surface area is 174 Å². The molecular weight excluding hydrogens is 396 g/mol. The minimum Gasteiger partial charge on any atom is -0.492 e. The third-order valence-corrected chi connectivity index (χ3v) is 4.32. The summed E-state index contributed by atoms with van der Waals surface area (Å²) in [6, 6.07) is 6.97. The van der Waals surface area contributed by atoms with E-state index < -0.39 is 11.6 Å². The van der Waals surface area contributed by atoms with Crippen molar-refractivity contribution >= 4 is 29.4 Å². The van der Waals surface area contributed by atoms with E-state index >= 15 is 0 Å². The Morgan fingerprint density at radius 3 is 2.62 bits per heavy atom. The van der Waals surface area contributed by atoms with Crippen LogP contribution >= 0.6 is 11.6 Å². The molecule has 1 atom stereocenters. The Morgan fingerprint density at radius 2 is 2.00 bits per heavy atom. The number of rotatable bonds is 8. The fourth-order valence-electron chi connectivity index (χ4n) is 3.04. The van der Waals surface area contributed by atoms with Crippen molar-refractivity contribution in [1.82, 2.24) is 15.3 Å². The molecule has 2 amide bonds. The van der Waals surface area contributed by atoms with Crippen molar-refractivity contribution in [2.24, 2.45) is 5.92 Å². The first kappa shape index (κ1) is 22.4. The van der Waals surface area contributed by atoms with Gasteiger partial charge in [-0.2, -0.15) is 0 Å². The molecule has 0 aliphatic rings. The molecule has 1 aromatic heterocycles. The molecule has 0 unspecified atom stereocenters. The maximum atomic E-state index is 11.2. The second kappa shape index (κ2) is 9.56. The number of nitrogens with zero attached hydrogens (tertiary/aromatic N) is 2. The van der Waals surface area contributed by atoms with Gasteiger partial charge in [-0.15, -0.1) is 0 Å². The van der Waals surface area contributed by atoms with Crippen molar-refractivity contribution in [3.8, 4) is 17.0 Å². The van der Waals surface area contributed by atoms with Crippen molar-refractivity contribution in [1.29, 1.82) is 0 Å². The van der Waals surface area contributed by atoms with Crippen LogP contribution in [0.1, 0.15) is 34.1 Å². The summed E-state index contributed by atoms with van der Waals surface area (Å²) in [5, 5.41) is 14.4. The number of benzene rings is 1. The van der Waals surface area contributed by atoms with Gasteiger partial charge in [0.05, 0.1) is 17.3 Å². The van der Waals surface area contributed by atoms with Crippen LogP contribution in [0.4, 0.5) is 10.6 Å². The summed E-state index contributed by atoms with van der Waals surface area (Å²) in [5.74, 6) is 0.828. The molecule has 0 aliphatic carbocycles. The molecule has 2 aromatic rings. The van der Waals surface area contributed by atoms with Gasteiger partial charge in [-0.25, -0.2) is 14.8 Å². The van der Waals surface area contributed by atoms with Crippen LogP contribution in [-0.2, 0) is 4.79 Å². The number of hydrogen-bond donors (Lipinski definition) is 3. The number of ether oxygens (including phenoxy) is 1. The predicted molar refractivity (Wildman–Crippen MR) is 111 cm³/mol. The number of carboxylic acid groups (broad SMARTS) is 1. The van der Waals surface area contributed by atoms with Crippen LogP contribution in [0.25, 0.3) is 11.3 Å². The average molecular weight is 421 g/mol. The summed E-state index contributed by atoms with van der Waals surface area (Å²) in [5.41, 5.74) is 0.823. The lowest BCUT2D eigenvalue weighted by molar-refractivity contribution is -0.114. The molecule has 156 valence electrons. The van der Waals surface area contributed by atoms with E-state index in [0.29, 0.717) is 35.3 Å². The van der Waals surface area contributed by atoms with Gasteiger partial charge < -0.3 is 20.5 Å². The lowest BCUT2D eigenvalue weighted by atomic mass is 9.92. The zero-order valence-corrected chi connectivity index (χ0v) is 17.6. The normalized spacial score (nSPS) is 12.2. The number of hydrogen-bond acceptors (Lipinski definition) is 5. The van der Waals surface area contributed by atoms with Gasteiger partial charge in [0.15, 0.2) is 0 Å². The van der Waals surface area contributed by atoms with Gasteiger partial charge in [0.25, 0.3) is 0 Å². The van der Waals surface area contributed by atoms with Crippen LogP contribution in [0.5, 0.6) is 5.75 Å². The fraction of sp³-hybridized carbons (Fsp3) is 0.400. The second-order valence-electron chi connectivity index (χ2n) is 7.55. The first-order chi connectivity index (χ1) is 13.6. The van der Waals surface area contributed by atoms with E-state index in [1.807, 2.05) is 26.8 Å². The molecule has 9 heteroatoms. The maximum absolute atomic E-state index is 11.2. The van der Waals surface area contributed by atoms with E-state index in [4.69, 9.17) is 21.4 Å². The van der Waals surface area contributed by atoms with E-state index in [-0.39, 0.29) is 11.8 Å². The van der Waals surface area contributed by atoms with Gasteiger partial charge in [-0.3, -0.25) is 4.79 Å². The molecule has 0 spiro atoms. The summed E-state index contributed by atoms with van der Waals surface area (Å²) >= 11 is 6.36. The molecule has 29 heavy (non-hydrogen) atoms. The van der Waals surface area contributed by atoms with Crippen LogP contribution in [0.3, 0.4) is 0 Å². The SMILES string of the molecule is CC(=O)Nc1cc(-c2ccc(OC[C@@H](C)CC(C)(C)NC(=O)O)c(Cl)c2)ncn1. The van der Waals surface area contributed by atoms with E-state index in [1.165, 1.54) is 13.3 Å². The second-order valence-corrected chi connectivity index (χ2v) is 7.96. The van der Waals surface area contributed by atoms with Crippen molar-refractivity contribution in [3.63, 3.8) is 0 Å². The Balaban J connectivity index is 2.03. The lowest BCUT2D eigenvalue weighted by Gasteiger charge is -2.28. The third kappa shape index (κ3) is 7.23. The van der Waals surface area contributed by atoms with E-state index in [0.717, 1.165) is 5.56 Å². The highest BCUT2D eigenvalue weighted by Gasteiger charge is 2.23. The smallest absolute Gasteiger partial charge is 0.405 e. The third-order valence-electron chi connectivity index (χ3n) is 4.03. The van der Waals surface area contributed by atoms with Crippen molar-refractivity contribution in [2.45, 2.75) is 39.7 Å². The van der Waals surface area contributed by atoms with Crippen LogP contribution in [0.2, 0.25) is 5.02 Å². The molecule has 0 bridgehead atoms. The number of amides is 2. The summed E-state index contributed by atoms with van der Waals surface area (Å²) in [6.07, 6.45) is 0.933. The molecule has 3 N–H and O–H groups in total. The monoisotopic (exact) mass is 420 g/mol. The van der Waals surface area contributed by atoms with E-state index in [1.54, 1.807) is 18.2 Å². The summed E-state index contributed by atoms with van der Waals surface area (Å²) < 4.78 is 5.82. The molecule has 1 aromatic carbocycles. The van der Waals surface area contributed by atoms with Gasteiger partial charge in [-0.1, -0.05) is 18.5 Å². The largest absolute Gasteiger partial charge is 0.492 e. The Kier molecular flexibility index (Phi) is 7.39. The molecule has 0 saturated heterocycles. The van der Waals surface area contributed by atoms with Gasteiger partial charge in [0.1, 0.15) is 17.9 Å². The Hall–Kier alpha value is -2.87. The zero-order valence-electron chi connectivity index (χ0n) is 16.8. The summed E-state index contributed by atoms with van der Waals surface area (Å²) in [6.45, 7) is 7.44. The van der Waals surface area contributed by atoms with Gasteiger partial charge in [-0.05, 0) is 44.4 Å². The summed E-state index contributed by atoms with van der Waals surface area (Å²) in [4.78, 5) is 30.2. The highest BCUT2D eigenvalue weighted by Crippen LogP contribution is 2.31. The fourth-order valence-corrected chi connectivity index (χ4v) is 3.28. The van der Waals surface area contributed by atoms with Crippen LogP contribution < -0.4 is 15.4 Å². The molecule has 0 radical (unpaired) electrons. The zero-order chi connectivity index (χ0) is 21.6. The molecule has 0 saturated carbocycles. The van der Waals surface area contributed by atoms with Crippen molar-refractivity contribution in [3.05, 3.63) is 35.6 Å². The summed E-state index contributed by atoms with van der Waals surface area (Å²) in [7, 11) is 0. The van der Waals surface area contributed by atoms with Crippen LogP contribution in [0, 0.1) is 5.92 Å². The lowest BCUT2D eigenvalue weighted by Crippen LogP contribution is -2.44. The molecule has 0 aliphatic heterocycles. The average Bonchev–Trinajstić information content (AvgIpc) is 2.58. The molecular formula is C20H25ClN4O4. The highest BCUT2D eigenvalue weighted by atomic mass is 35.5. The number of anilines is 1. The Bertz CT molecular complexity index is 889. The highest BCUT2D eigenvalue weighted by molar-refractivity contribution is 6.32. The van der Waals surface area contributed by atoms with Gasteiger partial charge >= 0.3 is 6.09 Å². The minimum absolute atomic E-state index is 0.106. The number of carbonyl (C=O) groups excluding carboxylic acids is 1. The van der Waals surface area contributed by atoms with Gasteiger partial charge in [0.2, 0.25) is 5.91 Å². The molecule has 2 rings (SSSR count). The van der Waals surface area contributed by atoms with Crippen molar-refractivity contribution in [2.75, 3.05) is 11.9 Å². The molecule has 1 heterocycles. The standard InChI is InChI=1S/C20H25ClN4O4/c1-12(9-20(3,4)25-19(27)28)10-29-17-6-5-14(7-15(17)21)16-8-18(23-11-22-16)24-13(2)26/h5-8,11-12,25H,9-10H2,1-4H3,(H,27,28)(H,22,23,24,26)/t12-/m0/s1. The first-order valence-corrected chi connectivity index (χ1v) is 9.47. The van der Waals surface area contributed by atoms with Crippen LogP contribution in [-0.4, -0.2) is 39.2 Å². The van der Waals surface area contributed by atoms with E-state index in [2.05, 4.69) is 20.6 Å². The number of aromatic nitrogens is 2. The number of carbonyl (C=O) groups is 2. The molecule has 8 nitrogen and oxygen atoms in total. The van der Waals surface area contributed by atoms with Crippen molar-refractivity contribution < 1.29 is 19.4 Å². The first-order valence-electron chi connectivity index (χ1n) is 9.09. The Morgan fingerprint density at radius 1 is 1.28 bits per heavy atom. The quantitative estimate of drug-likeness (QED) is 0.589. The van der Waals surface area contributed by atoms with E-state index in [9.17, 15) is 9.59 Å². The number of halogens is 1. The molecule has 0 fully saturated rings. The maximum Gasteiger partial charge on any atom is 0.405 e. The minimum atomic E-state index is -1.05. The predicted octanol–water partition coefficient (Wildman–Crippen LogP) is 4.21.